The van der Waals surface area contributed by atoms with Gasteiger partial charge >= 0.3 is 0 Å². The molecule has 0 fully saturated rings. The predicted octanol–water partition coefficient (Wildman–Crippen LogP) is 0.998. The molecule has 1 radical (unpaired) electrons. The molecule has 2 heteroatoms. The molecular formula is C7H10NO. The van der Waals surface area contributed by atoms with Gasteiger partial charge in [-0.25, -0.2) is 5.11 Å². The van der Waals surface area contributed by atoms with E-state index in [9.17, 15) is 5.11 Å². The Balaban J connectivity index is 2.69. The van der Waals surface area contributed by atoms with Gasteiger partial charge in [-0.1, -0.05) is 0 Å². The maximum absolute atomic E-state index is 10.1. The molecule has 0 bridgehead atoms. The third-order valence-electron chi connectivity index (χ3n) is 1.41. The van der Waals surface area contributed by atoms with E-state index < -0.39 is 0 Å². The summed E-state index contributed by atoms with van der Waals surface area (Å²) in [4.78, 5) is 0. The van der Waals surface area contributed by atoms with Crippen LogP contribution in [0.25, 0.3) is 0 Å². The minimum atomic E-state index is -0.0160. The Labute approximate surface area is 54.7 Å². The molecule has 0 spiro atoms. The molecule has 2 nitrogen and oxygen atoms in total. The quantitative estimate of drug-likeness (QED) is 0.562. The van der Waals surface area contributed by atoms with Crippen LogP contribution in [0.5, 0.6) is 0 Å². The lowest BCUT2D eigenvalue weighted by molar-refractivity contribution is 0.195. The third kappa shape index (κ3) is 1.33. The van der Waals surface area contributed by atoms with Crippen LogP contribution in [0.2, 0.25) is 0 Å². The first-order valence-corrected chi connectivity index (χ1v) is 3.03. The van der Waals surface area contributed by atoms with Crippen molar-refractivity contribution in [2.24, 2.45) is 7.05 Å². The standard InChI is InChI=1S/C7H10NO/c1-8-5-2-3-7(8)4-6-9/h2-3,5H,4,6H2,1H3. The number of rotatable bonds is 2. The van der Waals surface area contributed by atoms with Crippen molar-refractivity contribution in [3.8, 4) is 0 Å². The zero-order valence-electron chi connectivity index (χ0n) is 5.50. The van der Waals surface area contributed by atoms with Crippen LogP contribution in [0.15, 0.2) is 18.3 Å². The van der Waals surface area contributed by atoms with Crippen molar-refractivity contribution in [3.05, 3.63) is 24.0 Å². The van der Waals surface area contributed by atoms with E-state index in [1.54, 1.807) is 0 Å². The van der Waals surface area contributed by atoms with E-state index in [2.05, 4.69) is 0 Å². The van der Waals surface area contributed by atoms with Gasteiger partial charge in [-0.2, -0.15) is 0 Å². The monoisotopic (exact) mass is 124 g/mol. The Hall–Kier alpha value is -0.760. The first-order chi connectivity index (χ1) is 4.34. The molecule has 1 aromatic heterocycles. The maximum atomic E-state index is 10.1. The highest BCUT2D eigenvalue weighted by Gasteiger charge is 1.93. The van der Waals surface area contributed by atoms with Crippen molar-refractivity contribution in [3.63, 3.8) is 0 Å². The van der Waals surface area contributed by atoms with Crippen molar-refractivity contribution in [1.29, 1.82) is 0 Å². The smallest absolute Gasteiger partial charge is 0.0876 e. The molecule has 0 N–H and O–H groups in total. The Morgan fingerprint density at radius 2 is 2.44 bits per heavy atom. The molecule has 49 valence electrons. The summed E-state index contributed by atoms with van der Waals surface area (Å²) in [7, 11) is 1.95. The highest BCUT2D eigenvalue weighted by atomic mass is 16.3. The molecule has 0 saturated carbocycles. The van der Waals surface area contributed by atoms with Crippen LogP contribution in [-0.2, 0) is 18.6 Å². The van der Waals surface area contributed by atoms with Gasteiger partial charge < -0.3 is 4.57 Å². The summed E-state index contributed by atoms with van der Waals surface area (Å²) in [5, 5.41) is 10.1. The largest absolute Gasteiger partial charge is 0.354 e. The summed E-state index contributed by atoms with van der Waals surface area (Å²) in [6.07, 6.45) is 2.59. The highest BCUT2D eigenvalue weighted by Crippen LogP contribution is 1.98. The topological polar surface area (TPSA) is 24.8 Å². The van der Waals surface area contributed by atoms with Crippen LogP contribution in [0, 0.1) is 0 Å². The van der Waals surface area contributed by atoms with E-state index in [4.69, 9.17) is 0 Å². The normalized spacial score (nSPS) is 10.0. The second-order valence-electron chi connectivity index (χ2n) is 2.06. The maximum Gasteiger partial charge on any atom is 0.0876 e. The molecule has 1 rings (SSSR count). The van der Waals surface area contributed by atoms with E-state index in [0.29, 0.717) is 6.42 Å². The van der Waals surface area contributed by atoms with E-state index >= 15 is 0 Å². The summed E-state index contributed by atoms with van der Waals surface area (Å²) >= 11 is 0. The molecule has 0 aliphatic carbocycles. The Bertz CT molecular complexity index is 181. The Morgan fingerprint density at radius 1 is 1.67 bits per heavy atom. The Kier molecular flexibility index (Phi) is 1.90. The lowest BCUT2D eigenvalue weighted by atomic mass is 10.3. The lowest BCUT2D eigenvalue weighted by Crippen LogP contribution is -1.96. The molecular weight excluding hydrogens is 114 g/mol. The zero-order chi connectivity index (χ0) is 6.69. The van der Waals surface area contributed by atoms with Crippen LogP contribution in [0.4, 0.5) is 0 Å². The average molecular weight is 124 g/mol. The van der Waals surface area contributed by atoms with Gasteiger partial charge in [-0.05, 0) is 12.1 Å². The second-order valence-corrected chi connectivity index (χ2v) is 2.06. The van der Waals surface area contributed by atoms with Gasteiger partial charge in [0.25, 0.3) is 0 Å². The molecule has 0 aromatic carbocycles. The summed E-state index contributed by atoms with van der Waals surface area (Å²) in [6, 6.07) is 3.92. The number of nitrogens with zero attached hydrogens (tertiary/aromatic N) is 1. The van der Waals surface area contributed by atoms with Crippen molar-refractivity contribution in [2.75, 3.05) is 6.61 Å². The van der Waals surface area contributed by atoms with Gasteiger partial charge in [-0.3, -0.25) is 0 Å². The predicted molar refractivity (Wildman–Crippen MR) is 34.7 cm³/mol. The van der Waals surface area contributed by atoms with Crippen molar-refractivity contribution < 1.29 is 5.11 Å². The number of aryl methyl sites for hydroxylation is 1. The van der Waals surface area contributed by atoms with Gasteiger partial charge in [0.05, 0.1) is 6.61 Å². The average Bonchev–Trinajstić information content (AvgIpc) is 2.18. The van der Waals surface area contributed by atoms with Gasteiger partial charge in [0.2, 0.25) is 0 Å². The van der Waals surface area contributed by atoms with Gasteiger partial charge in [0.1, 0.15) is 0 Å². The minimum Gasteiger partial charge on any atom is -0.354 e. The lowest BCUT2D eigenvalue weighted by Gasteiger charge is -1.96. The first-order valence-electron chi connectivity index (χ1n) is 3.03. The third-order valence-corrected chi connectivity index (χ3v) is 1.41. The molecule has 0 aliphatic heterocycles. The Morgan fingerprint density at radius 3 is 2.89 bits per heavy atom. The van der Waals surface area contributed by atoms with E-state index in [0.717, 1.165) is 5.69 Å². The number of aromatic nitrogens is 1. The van der Waals surface area contributed by atoms with Crippen LogP contribution < -0.4 is 0 Å². The van der Waals surface area contributed by atoms with Crippen molar-refractivity contribution >= 4 is 0 Å². The summed E-state index contributed by atoms with van der Waals surface area (Å²) in [5.74, 6) is 0. The molecule has 1 heterocycles. The molecule has 0 amide bonds. The summed E-state index contributed by atoms with van der Waals surface area (Å²) in [5.41, 5.74) is 1.12. The first kappa shape index (κ1) is 6.36. The minimum absolute atomic E-state index is 0.0160. The molecule has 0 unspecified atom stereocenters. The molecule has 0 atom stereocenters. The zero-order valence-corrected chi connectivity index (χ0v) is 5.50. The van der Waals surface area contributed by atoms with Crippen LogP contribution in [0.3, 0.4) is 0 Å². The molecule has 9 heavy (non-hydrogen) atoms. The van der Waals surface area contributed by atoms with Gasteiger partial charge in [0, 0.05) is 25.4 Å². The summed E-state index contributed by atoms with van der Waals surface area (Å²) in [6.45, 7) is -0.0160. The number of hydrogen-bond donors (Lipinski definition) is 0. The molecule has 0 saturated heterocycles. The van der Waals surface area contributed by atoms with E-state index in [-0.39, 0.29) is 6.61 Å². The van der Waals surface area contributed by atoms with E-state index in [1.807, 2.05) is 29.9 Å². The molecule has 1 aromatic rings. The van der Waals surface area contributed by atoms with Crippen LogP contribution in [0.1, 0.15) is 5.69 Å². The van der Waals surface area contributed by atoms with Crippen LogP contribution >= 0.6 is 0 Å². The van der Waals surface area contributed by atoms with Crippen LogP contribution in [-0.4, -0.2) is 11.2 Å². The fourth-order valence-electron chi connectivity index (χ4n) is 0.861. The van der Waals surface area contributed by atoms with E-state index in [1.165, 1.54) is 0 Å². The van der Waals surface area contributed by atoms with Gasteiger partial charge in [0.15, 0.2) is 0 Å². The van der Waals surface area contributed by atoms with Crippen molar-refractivity contribution in [2.45, 2.75) is 6.42 Å². The SMILES string of the molecule is Cn1cccc1CC[O]. The fourth-order valence-corrected chi connectivity index (χ4v) is 0.861. The molecule has 0 aliphatic rings. The highest BCUT2D eigenvalue weighted by molar-refractivity contribution is 5.06. The number of hydrogen-bond acceptors (Lipinski definition) is 0. The summed E-state index contributed by atoms with van der Waals surface area (Å²) < 4.78 is 1.97. The van der Waals surface area contributed by atoms with Crippen molar-refractivity contribution in [1.82, 2.24) is 4.57 Å². The second kappa shape index (κ2) is 2.69. The fraction of sp³-hybridized carbons (Fsp3) is 0.429. The van der Waals surface area contributed by atoms with Gasteiger partial charge in [-0.15, -0.1) is 0 Å².